The number of rotatable bonds is 6. The summed E-state index contributed by atoms with van der Waals surface area (Å²) in [6.07, 6.45) is 6.19. The second-order valence-electron chi connectivity index (χ2n) is 4.39. The standard InChI is InChI=1S/C14H15N5S2/c1-2-4-17-13-10-3-7-20-14(10)19-11(18-13)9-21-12-8-15-5-6-16-12/h3,5-8H,2,4,9H2,1H3,(H,17,18,19). The minimum atomic E-state index is 0.688. The highest BCUT2D eigenvalue weighted by molar-refractivity contribution is 7.98. The highest BCUT2D eigenvalue weighted by atomic mass is 32.2. The Morgan fingerprint density at radius 3 is 3.05 bits per heavy atom. The van der Waals surface area contributed by atoms with Crippen LogP contribution in [0.4, 0.5) is 5.82 Å². The van der Waals surface area contributed by atoms with Gasteiger partial charge in [0.15, 0.2) is 0 Å². The van der Waals surface area contributed by atoms with Gasteiger partial charge in [0.2, 0.25) is 0 Å². The summed E-state index contributed by atoms with van der Waals surface area (Å²) in [6.45, 7) is 3.06. The Morgan fingerprint density at radius 2 is 2.24 bits per heavy atom. The smallest absolute Gasteiger partial charge is 0.142 e. The lowest BCUT2D eigenvalue weighted by atomic mass is 10.3. The Kier molecular flexibility index (Phi) is 4.62. The molecule has 21 heavy (non-hydrogen) atoms. The van der Waals surface area contributed by atoms with E-state index in [1.807, 2.05) is 0 Å². The number of thiophene rings is 1. The number of hydrogen-bond acceptors (Lipinski definition) is 7. The van der Waals surface area contributed by atoms with Crippen LogP contribution in [-0.2, 0) is 5.75 Å². The third-order valence-electron chi connectivity index (χ3n) is 2.80. The number of aromatic nitrogens is 4. The summed E-state index contributed by atoms with van der Waals surface area (Å²) >= 11 is 3.24. The van der Waals surface area contributed by atoms with Crippen LogP contribution < -0.4 is 5.32 Å². The molecule has 0 aromatic carbocycles. The van der Waals surface area contributed by atoms with Gasteiger partial charge in [0.1, 0.15) is 21.5 Å². The van der Waals surface area contributed by atoms with Crippen LogP contribution in [0.2, 0.25) is 0 Å². The first kappa shape index (κ1) is 14.2. The van der Waals surface area contributed by atoms with Crippen LogP contribution in [0.25, 0.3) is 10.2 Å². The summed E-state index contributed by atoms with van der Waals surface area (Å²) in [5.41, 5.74) is 0. The van der Waals surface area contributed by atoms with E-state index in [-0.39, 0.29) is 0 Å². The van der Waals surface area contributed by atoms with Crippen LogP contribution >= 0.6 is 23.1 Å². The zero-order valence-corrected chi connectivity index (χ0v) is 13.2. The summed E-state index contributed by atoms with van der Waals surface area (Å²) in [6, 6.07) is 2.07. The average Bonchev–Trinajstić information content (AvgIpc) is 3.00. The molecule has 3 aromatic heterocycles. The van der Waals surface area contributed by atoms with Crippen molar-refractivity contribution < 1.29 is 0 Å². The van der Waals surface area contributed by atoms with Crippen LogP contribution in [0.3, 0.4) is 0 Å². The summed E-state index contributed by atoms with van der Waals surface area (Å²) < 4.78 is 0. The van der Waals surface area contributed by atoms with Crippen LogP contribution in [0, 0.1) is 0 Å². The zero-order chi connectivity index (χ0) is 14.5. The molecule has 108 valence electrons. The molecule has 0 unspecified atom stereocenters. The van der Waals surface area contributed by atoms with Gasteiger partial charge in [0.05, 0.1) is 17.3 Å². The van der Waals surface area contributed by atoms with Gasteiger partial charge in [-0.2, -0.15) is 0 Å². The first-order valence-electron chi connectivity index (χ1n) is 6.73. The Hall–Kier alpha value is -1.73. The molecule has 0 bridgehead atoms. The molecule has 0 aliphatic heterocycles. The van der Waals surface area contributed by atoms with E-state index in [1.54, 1.807) is 41.7 Å². The number of hydrogen-bond donors (Lipinski definition) is 1. The number of nitrogens with one attached hydrogen (secondary N) is 1. The maximum atomic E-state index is 4.64. The molecule has 0 fully saturated rings. The van der Waals surface area contributed by atoms with Crippen LogP contribution in [0.5, 0.6) is 0 Å². The van der Waals surface area contributed by atoms with Crippen LogP contribution in [0.1, 0.15) is 19.2 Å². The SMILES string of the molecule is CCCNc1nc(CSc2cnccn2)nc2sccc12. The molecule has 3 aromatic rings. The minimum Gasteiger partial charge on any atom is -0.369 e. The Morgan fingerprint density at radius 1 is 1.29 bits per heavy atom. The molecule has 0 amide bonds. The molecule has 0 saturated carbocycles. The van der Waals surface area contributed by atoms with Crippen LogP contribution in [0.15, 0.2) is 35.1 Å². The number of anilines is 1. The van der Waals surface area contributed by atoms with Gasteiger partial charge in [0.25, 0.3) is 0 Å². The molecular weight excluding hydrogens is 302 g/mol. The van der Waals surface area contributed by atoms with Gasteiger partial charge in [-0.25, -0.2) is 15.0 Å². The average molecular weight is 317 g/mol. The monoisotopic (exact) mass is 317 g/mol. The van der Waals surface area contributed by atoms with Crippen molar-refractivity contribution in [3.63, 3.8) is 0 Å². The van der Waals surface area contributed by atoms with Gasteiger partial charge < -0.3 is 5.32 Å². The predicted molar refractivity (Wildman–Crippen MR) is 87.8 cm³/mol. The zero-order valence-electron chi connectivity index (χ0n) is 11.6. The first-order valence-corrected chi connectivity index (χ1v) is 8.60. The van der Waals surface area contributed by atoms with Crippen molar-refractivity contribution >= 4 is 39.1 Å². The van der Waals surface area contributed by atoms with Gasteiger partial charge in [-0.3, -0.25) is 4.98 Å². The third-order valence-corrected chi connectivity index (χ3v) is 4.52. The predicted octanol–water partition coefficient (Wildman–Crippen LogP) is 3.60. The normalized spacial score (nSPS) is 10.9. The van der Waals surface area contributed by atoms with E-state index >= 15 is 0 Å². The summed E-state index contributed by atoms with van der Waals surface area (Å²) in [5, 5.41) is 7.42. The van der Waals surface area contributed by atoms with E-state index in [1.165, 1.54) is 0 Å². The van der Waals surface area contributed by atoms with E-state index in [4.69, 9.17) is 0 Å². The molecule has 0 atom stereocenters. The van der Waals surface area contributed by atoms with Gasteiger partial charge in [-0.15, -0.1) is 11.3 Å². The van der Waals surface area contributed by atoms with Crippen molar-refractivity contribution in [1.82, 2.24) is 19.9 Å². The fraction of sp³-hybridized carbons (Fsp3) is 0.286. The van der Waals surface area contributed by atoms with Crippen LogP contribution in [-0.4, -0.2) is 26.5 Å². The van der Waals surface area contributed by atoms with Crippen molar-refractivity contribution in [3.8, 4) is 0 Å². The van der Waals surface area contributed by atoms with E-state index < -0.39 is 0 Å². The quantitative estimate of drug-likeness (QED) is 0.701. The van der Waals surface area contributed by atoms with E-state index in [0.717, 1.165) is 39.9 Å². The second-order valence-corrected chi connectivity index (χ2v) is 6.28. The summed E-state index contributed by atoms with van der Waals surface area (Å²) in [7, 11) is 0. The van der Waals surface area contributed by atoms with Gasteiger partial charge in [-0.1, -0.05) is 18.7 Å². The second kappa shape index (κ2) is 6.82. The summed E-state index contributed by atoms with van der Waals surface area (Å²) in [4.78, 5) is 18.6. The fourth-order valence-electron chi connectivity index (χ4n) is 1.84. The number of thioether (sulfide) groups is 1. The molecule has 0 spiro atoms. The molecule has 0 aliphatic carbocycles. The Labute approximate surface area is 131 Å². The molecule has 0 aliphatic rings. The fourth-order valence-corrected chi connectivity index (χ4v) is 3.30. The van der Waals surface area contributed by atoms with Gasteiger partial charge >= 0.3 is 0 Å². The summed E-state index contributed by atoms with van der Waals surface area (Å²) in [5.74, 6) is 2.44. The van der Waals surface area contributed by atoms with Gasteiger partial charge in [0, 0.05) is 18.9 Å². The third kappa shape index (κ3) is 3.48. The lowest BCUT2D eigenvalue weighted by Crippen LogP contribution is -2.05. The van der Waals surface area contributed by atoms with Crippen molar-refractivity contribution in [2.24, 2.45) is 0 Å². The topological polar surface area (TPSA) is 63.6 Å². The van der Waals surface area contributed by atoms with Crippen molar-refractivity contribution in [2.45, 2.75) is 24.1 Å². The molecule has 1 N–H and O–H groups in total. The van der Waals surface area contributed by atoms with E-state index in [9.17, 15) is 0 Å². The first-order chi connectivity index (χ1) is 10.4. The number of fused-ring (bicyclic) bond motifs is 1. The van der Waals surface area contributed by atoms with Crippen molar-refractivity contribution in [2.75, 3.05) is 11.9 Å². The number of nitrogens with zero attached hydrogens (tertiary/aromatic N) is 4. The highest BCUT2D eigenvalue weighted by Crippen LogP contribution is 2.27. The van der Waals surface area contributed by atoms with Gasteiger partial charge in [-0.05, 0) is 17.9 Å². The molecule has 7 heteroatoms. The van der Waals surface area contributed by atoms with Crippen molar-refractivity contribution in [1.29, 1.82) is 0 Å². The van der Waals surface area contributed by atoms with E-state index in [0.29, 0.717) is 5.75 Å². The van der Waals surface area contributed by atoms with E-state index in [2.05, 4.69) is 43.6 Å². The maximum Gasteiger partial charge on any atom is 0.142 e. The molecular formula is C14H15N5S2. The molecule has 0 radical (unpaired) electrons. The molecule has 5 nitrogen and oxygen atoms in total. The largest absolute Gasteiger partial charge is 0.369 e. The minimum absolute atomic E-state index is 0.688. The van der Waals surface area contributed by atoms with Crippen molar-refractivity contribution in [3.05, 3.63) is 35.9 Å². The Bertz CT molecular complexity index is 714. The Balaban J connectivity index is 1.81. The highest BCUT2D eigenvalue weighted by Gasteiger charge is 2.09. The lowest BCUT2D eigenvalue weighted by molar-refractivity contribution is 0.960. The maximum absolute atomic E-state index is 4.64. The molecule has 3 rings (SSSR count). The molecule has 0 saturated heterocycles. The lowest BCUT2D eigenvalue weighted by Gasteiger charge is -2.07. The molecule has 3 heterocycles.